The first-order valence-corrected chi connectivity index (χ1v) is 12.6. The van der Waals surface area contributed by atoms with E-state index in [4.69, 9.17) is 4.74 Å². The van der Waals surface area contributed by atoms with E-state index in [-0.39, 0.29) is 0 Å². The molecule has 0 unspecified atom stereocenters. The van der Waals surface area contributed by atoms with Crippen LogP contribution in [-0.4, -0.2) is 15.8 Å². The zero-order chi connectivity index (χ0) is 21.8. The largest absolute Gasteiger partial charge is 0.487 e. The molecule has 0 amide bonds. The van der Waals surface area contributed by atoms with Crippen molar-refractivity contribution in [3.8, 4) is 5.75 Å². The number of hydrogen-bond acceptors (Lipinski definition) is 4. The topological polar surface area (TPSA) is 51.4 Å². The molecule has 0 saturated carbocycles. The highest BCUT2D eigenvalue weighted by Crippen LogP contribution is 2.29. The zero-order valence-electron chi connectivity index (χ0n) is 16.6. The molecule has 4 aromatic rings. The molecule has 0 fully saturated rings. The Bertz CT molecular complexity index is 1220. The Morgan fingerprint density at radius 1 is 1.10 bits per heavy atom. The van der Waals surface area contributed by atoms with Gasteiger partial charge in [-0.1, -0.05) is 40.2 Å². The lowest BCUT2D eigenvalue weighted by Crippen LogP contribution is -2.02. The van der Waals surface area contributed by atoms with Gasteiger partial charge < -0.3 is 9.30 Å². The predicted molar refractivity (Wildman–Crippen MR) is 147 cm³/mol. The second-order valence-corrected chi connectivity index (χ2v) is 10.0. The predicted octanol–water partition coefficient (Wildman–Crippen LogP) is 7.05. The number of halogens is 3. The molecular formula is C23H19BrI2N4O. The Morgan fingerprint density at radius 3 is 2.52 bits per heavy atom. The van der Waals surface area contributed by atoms with Crippen LogP contribution in [0.4, 0.5) is 5.95 Å². The van der Waals surface area contributed by atoms with Crippen molar-refractivity contribution in [3.63, 3.8) is 0 Å². The number of hydrazone groups is 1. The molecule has 0 aliphatic rings. The third-order valence-corrected chi connectivity index (χ3v) is 6.80. The highest BCUT2D eigenvalue weighted by Gasteiger charge is 2.10. The third-order valence-electron chi connectivity index (χ3n) is 4.67. The molecule has 158 valence electrons. The van der Waals surface area contributed by atoms with E-state index in [1.807, 2.05) is 36.5 Å². The smallest absolute Gasteiger partial charge is 0.224 e. The van der Waals surface area contributed by atoms with Crippen molar-refractivity contribution in [1.29, 1.82) is 0 Å². The van der Waals surface area contributed by atoms with Crippen molar-refractivity contribution >= 4 is 84.3 Å². The van der Waals surface area contributed by atoms with Gasteiger partial charge in [0.2, 0.25) is 5.95 Å². The first-order chi connectivity index (χ1) is 15.0. The van der Waals surface area contributed by atoms with Gasteiger partial charge in [-0.15, -0.1) is 0 Å². The van der Waals surface area contributed by atoms with E-state index in [1.165, 1.54) is 0 Å². The quantitative estimate of drug-likeness (QED) is 0.128. The highest BCUT2D eigenvalue weighted by atomic mass is 127. The number of nitrogens with one attached hydrogen (secondary N) is 1. The molecule has 1 N–H and O–H groups in total. The molecule has 5 nitrogen and oxygen atoms in total. The van der Waals surface area contributed by atoms with E-state index in [2.05, 4.69) is 118 Å². The molecule has 8 heteroatoms. The number of nitrogens with zero attached hydrogens (tertiary/aromatic N) is 3. The highest BCUT2D eigenvalue weighted by molar-refractivity contribution is 14.1. The fourth-order valence-corrected chi connectivity index (χ4v) is 5.57. The molecule has 0 radical (unpaired) electrons. The van der Waals surface area contributed by atoms with Gasteiger partial charge in [0.1, 0.15) is 12.4 Å². The Kier molecular flexibility index (Phi) is 7.49. The molecular weight excluding hydrogens is 682 g/mol. The molecule has 31 heavy (non-hydrogen) atoms. The van der Waals surface area contributed by atoms with Crippen LogP contribution in [0.25, 0.3) is 11.0 Å². The first kappa shape index (κ1) is 22.5. The summed E-state index contributed by atoms with van der Waals surface area (Å²) in [4.78, 5) is 4.63. The van der Waals surface area contributed by atoms with Crippen LogP contribution in [0.2, 0.25) is 0 Å². The molecule has 4 rings (SSSR count). The maximum Gasteiger partial charge on any atom is 0.224 e. The summed E-state index contributed by atoms with van der Waals surface area (Å²) in [5.74, 6) is 1.63. The number of aryl methyl sites for hydroxylation is 1. The summed E-state index contributed by atoms with van der Waals surface area (Å²) >= 11 is 8.07. The van der Waals surface area contributed by atoms with Gasteiger partial charge in [0.25, 0.3) is 0 Å². The van der Waals surface area contributed by atoms with E-state index in [0.29, 0.717) is 6.61 Å². The summed E-state index contributed by atoms with van der Waals surface area (Å²) in [6.45, 7) is 3.45. The SMILES string of the molecule is CCn1c(N/N=C\c2cc(I)c(OCc3ccc(Br)cc3)c(I)c2)nc2ccccc21. The summed E-state index contributed by atoms with van der Waals surface area (Å²) in [6, 6.07) is 20.4. The average molecular weight is 701 g/mol. The first-order valence-electron chi connectivity index (χ1n) is 9.65. The maximum absolute atomic E-state index is 6.08. The summed E-state index contributed by atoms with van der Waals surface area (Å²) in [6.07, 6.45) is 1.81. The number of para-hydroxylation sites is 2. The second-order valence-electron chi connectivity index (χ2n) is 6.77. The minimum absolute atomic E-state index is 0.529. The molecule has 0 saturated heterocycles. The van der Waals surface area contributed by atoms with Crippen molar-refractivity contribution in [2.24, 2.45) is 5.10 Å². The summed E-state index contributed by atoms with van der Waals surface area (Å²) < 4.78 is 11.3. The van der Waals surface area contributed by atoms with Crippen molar-refractivity contribution < 1.29 is 4.74 Å². The number of rotatable bonds is 7. The minimum Gasteiger partial charge on any atom is -0.487 e. The number of fused-ring (bicyclic) bond motifs is 1. The number of anilines is 1. The lowest BCUT2D eigenvalue weighted by molar-refractivity contribution is 0.301. The molecule has 0 atom stereocenters. The number of imidazole rings is 1. The van der Waals surface area contributed by atoms with Crippen molar-refractivity contribution in [2.75, 3.05) is 5.43 Å². The lowest BCUT2D eigenvalue weighted by atomic mass is 10.2. The maximum atomic E-state index is 6.08. The van der Waals surface area contributed by atoms with Gasteiger partial charge in [0.05, 0.1) is 24.4 Å². The summed E-state index contributed by atoms with van der Waals surface area (Å²) in [5, 5.41) is 4.42. The Hall–Kier alpha value is -1.66. The Labute approximate surface area is 216 Å². The molecule has 1 aromatic heterocycles. The van der Waals surface area contributed by atoms with Gasteiger partial charge in [-0.25, -0.2) is 10.4 Å². The molecule has 0 aliphatic heterocycles. The second kappa shape index (κ2) is 10.3. The standard InChI is InChI=1S/C23H19BrI2N4O/c1-2-30-21-6-4-3-5-20(21)28-23(30)29-27-13-16-11-18(25)22(19(26)12-16)31-14-15-7-9-17(24)10-8-15/h3-13H,2,14H2,1H3,(H,28,29)/b27-13-. The molecule has 0 bridgehead atoms. The van der Waals surface area contributed by atoms with Crippen molar-refractivity contribution in [1.82, 2.24) is 9.55 Å². The number of ether oxygens (including phenoxy) is 1. The van der Waals surface area contributed by atoms with Gasteiger partial charge in [0.15, 0.2) is 0 Å². The third kappa shape index (κ3) is 5.40. The monoisotopic (exact) mass is 700 g/mol. The van der Waals surface area contributed by atoms with Gasteiger partial charge in [-0.3, -0.25) is 0 Å². The molecule has 3 aromatic carbocycles. The minimum atomic E-state index is 0.529. The molecule has 0 aliphatic carbocycles. The van der Waals surface area contributed by atoms with Gasteiger partial charge in [-0.2, -0.15) is 5.10 Å². The Balaban J connectivity index is 1.47. The van der Waals surface area contributed by atoms with Crippen LogP contribution in [0.15, 0.2) is 70.2 Å². The van der Waals surface area contributed by atoms with Crippen molar-refractivity contribution in [3.05, 3.63) is 83.4 Å². The van der Waals surface area contributed by atoms with Crippen molar-refractivity contribution in [2.45, 2.75) is 20.1 Å². The van der Waals surface area contributed by atoms with Crippen LogP contribution < -0.4 is 10.2 Å². The van der Waals surface area contributed by atoms with Crippen LogP contribution in [0.1, 0.15) is 18.1 Å². The lowest BCUT2D eigenvalue weighted by Gasteiger charge is -2.11. The van der Waals surface area contributed by atoms with Crippen LogP contribution >= 0.6 is 61.1 Å². The Morgan fingerprint density at radius 2 is 1.81 bits per heavy atom. The van der Waals surface area contributed by atoms with Crippen LogP contribution in [0.5, 0.6) is 5.75 Å². The van der Waals surface area contributed by atoms with E-state index in [1.54, 1.807) is 0 Å². The van der Waals surface area contributed by atoms with Gasteiger partial charge in [-0.05, 0) is 99.6 Å². The van der Waals surface area contributed by atoms with E-state index in [9.17, 15) is 0 Å². The van der Waals surface area contributed by atoms with E-state index < -0.39 is 0 Å². The normalized spacial score (nSPS) is 11.4. The molecule has 0 spiro atoms. The molecule has 1 heterocycles. The number of aromatic nitrogens is 2. The zero-order valence-corrected chi connectivity index (χ0v) is 22.5. The van der Waals surface area contributed by atoms with E-state index >= 15 is 0 Å². The van der Waals surface area contributed by atoms with E-state index in [0.717, 1.165) is 52.0 Å². The average Bonchev–Trinajstić information content (AvgIpc) is 3.12. The summed E-state index contributed by atoms with van der Waals surface area (Å²) in [7, 11) is 0. The van der Waals surface area contributed by atoms with Crippen LogP contribution in [-0.2, 0) is 13.2 Å². The fraction of sp³-hybridized carbons (Fsp3) is 0.130. The van der Waals surface area contributed by atoms with Gasteiger partial charge >= 0.3 is 0 Å². The summed E-state index contributed by atoms with van der Waals surface area (Å²) in [5.41, 5.74) is 7.27. The van der Waals surface area contributed by atoms with Gasteiger partial charge in [0, 0.05) is 11.0 Å². The number of benzene rings is 3. The fourth-order valence-electron chi connectivity index (χ4n) is 3.17. The van der Waals surface area contributed by atoms with Crippen LogP contribution in [0.3, 0.4) is 0 Å². The number of hydrogen-bond donors (Lipinski definition) is 1. The van der Waals surface area contributed by atoms with Crippen LogP contribution in [0, 0.1) is 7.14 Å².